The van der Waals surface area contributed by atoms with Crippen LogP contribution in [0.15, 0.2) is 71.5 Å². The Morgan fingerprint density at radius 1 is 1.07 bits per heavy atom. The molecule has 1 N–H and O–H groups in total. The normalized spacial score (nSPS) is 19.6. The van der Waals surface area contributed by atoms with Crippen molar-refractivity contribution >= 4 is 38.9 Å². The van der Waals surface area contributed by atoms with Crippen LogP contribution in [0.3, 0.4) is 0 Å². The van der Waals surface area contributed by atoms with Crippen molar-refractivity contribution < 1.29 is 0 Å². The quantitative estimate of drug-likeness (QED) is 0.550. The Labute approximate surface area is 173 Å². The zero-order valence-corrected chi connectivity index (χ0v) is 17.6. The van der Waals surface area contributed by atoms with E-state index in [9.17, 15) is 0 Å². The number of thiocarbonyl (C=S) groups is 1. The lowest BCUT2D eigenvalue weighted by atomic mass is 10.0. The molecule has 0 unspecified atom stereocenters. The number of hydrogen-bond acceptors (Lipinski definition) is 2. The maximum atomic E-state index is 5.76. The van der Waals surface area contributed by atoms with Gasteiger partial charge in [0.25, 0.3) is 0 Å². The Bertz CT molecular complexity index is 936. The van der Waals surface area contributed by atoms with E-state index in [2.05, 4.69) is 86.1 Å². The van der Waals surface area contributed by atoms with Crippen molar-refractivity contribution in [3.8, 4) is 0 Å². The number of halogens is 1. The van der Waals surface area contributed by atoms with Gasteiger partial charge in [-0.25, -0.2) is 0 Å². The molecular formula is C21H21BrN4S. The molecule has 0 aliphatic carbocycles. The first-order valence-electron chi connectivity index (χ1n) is 8.99. The molecule has 1 saturated heterocycles. The largest absolute Gasteiger partial charge is 0.351 e. The van der Waals surface area contributed by atoms with Crippen LogP contribution in [0.1, 0.15) is 43.4 Å². The van der Waals surface area contributed by atoms with Crippen molar-refractivity contribution in [3.05, 3.63) is 82.9 Å². The third-order valence-corrected chi connectivity index (χ3v) is 5.72. The average Bonchev–Trinajstić information content (AvgIpc) is 3.27. The summed E-state index contributed by atoms with van der Waals surface area (Å²) >= 11 is 9.28. The van der Waals surface area contributed by atoms with Gasteiger partial charge in [0.05, 0.1) is 11.7 Å². The first kappa shape index (κ1) is 18.2. The SMILES string of the molecule is CC(C)n1cccc1[C@H]1[C@@H](c2ccccn2)NC(=S)N1c1ccc(Br)cc1. The van der Waals surface area contributed by atoms with Gasteiger partial charge < -0.3 is 14.8 Å². The van der Waals surface area contributed by atoms with E-state index in [0.29, 0.717) is 6.04 Å². The molecule has 0 amide bonds. The van der Waals surface area contributed by atoms with E-state index < -0.39 is 0 Å². The fraction of sp³-hybridized carbons (Fsp3) is 0.238. The molecule has 4 nitrogen and oxygen atoms in total. The van der Waals surface area contributed by atoms with E-state index in [1.807, 2.05) is 30.5 Å². The molecule has 1 aliphatic rings. The number of nitrogens with zero attached hydrogens (tertiary/aromatic N) is 3. The standard InChI is InChI=1S/C21H21BrN4S/c1-14(2)25-13-5-7-18(25)20-19(17-6-3-4-12-23-17)24-21(27)26(20)16-10-8-15(22)9-11-16/h3-14,19-20H,1-2H3,(H,24,27)/t19-,20+/m1/s1. The number of benzene rings is 1. The third kappa shape index (κ3) is 3.39. The van der Waals surface area contributed by atoms with Crippen molar-refractivity contribution in [2.24, 2.45) is 0 Å². The highest BCUT2D eigenvalue weighted by Crippen LogP contribution is 2.42. The van der Waals surface area contributed by atoms with E-state index in [4.69, 9.17) is 12.2 Å². The first-order chi connectivity index (χ1) is 13.1. The highest BCUT2D eigenvalue weighted by atomic mass is 79.9. The third-order valence-electron chi connectivity index (χ3n) is 4.87. The minimum Gasteiger partial charge on any atom is -0.351 e. The van der Waals surface area contributed by atoms with Crippen molar-refractivity contribution in [2.45, 2.75) is 32.0 Å². The van der Waals surface area contributed by atoms with Gasteiger partial charge in [-0.15, -0.1) is 0 Å². The van der Waals surface area contributed by atoms with Crippen molar-refractivity contribution in [1.82, 2.24) is 14.9 Å². The van der Waals surface area contributed by atoms with Gasteiger partial charge in [0.1, 0.15) is 6.04 Å². The molecule has 4 rings (SSSR count). The molecule has 0 bridgehead atoms. The number of hydrogen-bond donors (Lipinski definition) is 1. The second-order valence-corrected chi connectivity index (χ2v) is 8.21. The molecule has 1 fully saturated rings. The fourth-order valence-corrected chi connectivity index (χ4v) is 4.27. The van der Waals surface area contributed by atoms with Crippen molar-refractivity contribution in [1.29, 1.82) is 0 Å². The van der Waals surface area contributed by atoms with Crippen LogP contribution in [0.25, 0.3) is 0 Å². The van der Waals surface area contributed by atoms with Gasteiger partial charge in [-0.3, -0.25) is 4.98 Å². The van der Waals surface area contributed by atoms with Crippen LogP contribution in [0.4, 0.5) is 5.69 Å². The Hall–Kier alpha value is -2.18. The minimum atomic E-state index is -0.0188. The maximum Gasteiger partial charge on any atom is 0.174 e. The smallest absolute Gasteiger partial charge is 0.174 e. The summed E-state index contributed by atoms with van der Waals surface area (Å²) in [5.74, 6) is 0. The maximum absolute atomic E-state index is 5.76. The summed E-state index contributed by atoms with van der Waals surface area (Å²) in [6.07, 6.45) is 3.97. The van der Waals surface area contributed by atoms with Crippen LogP contribution >= 0.6 is 28.1 Å². The summed E-state index contributed by atoms with van der Waals surface area (Å²) in [4.78, 5) is 6.81. The lowest BCUT2D eigenvalue weighted by Gasteiger charge is -2.30. The Balaban J connectivity index is 1.85. The Kier molecular flexibility index (Phi) is 5.02. The molecule has 3 aromatic rings. The van der Waals surface area contributed by atoms with Gasteiger partial charge in [0.15, 0.2) is 5.11 Å². The molecule has 2 aromatic heterocycles. The Morgan fingerprint density at radius 2 is 1.85 bits per heavy atom. The second kappa shape index (κ2) is 7.44. The molecule has 1 aliphatic heterocycles. The average molecular weight is 441 g/mol. The summed E-state index contributed by atoms with van der Waals surface area (Å²) < 4.78 is 3.36. The number of anilines is 1. The van der Waals surface area contributed by atoms with Gasteiger partial charge in [-0.05, 0) is 74.6 Å². The predicted molar refractivity (Wildman–Crippen MR) is 117 cm³/mol. The molecular weight excluding hydrogens is 420 g/mol. The number of nitrogens with one attached hydrogen (secondary N) is 1. The predicted octanol–water partition coefficient (Wildman–Crippen LogP) is 5.40. The molecule has 27 heavy (non-hydrogen) atoms. The first-order valence-corrected chi connectivity index (χ1v) is 10.2. The van der Waals surface area contributed by atoms with Crippen molar-refractivity contribution in [3.63, 3.8) is 0 Å². The highest BCUT2D eigenvalue weighted by Gasteiger charge is 2.42. The monoisotopic (exact) mass is 440 g/mol. The lowest BCUT2D eigenvalue weighted by Crippen LogP contribution is -2.30. The molecule has 3 heterocycles. The number of rotatable bonds is 4. The summed E-state index contributed by atoms with van der Waals surface area (Å²) in [6, 6.07) is 18.9. The van der Waals surface area contributed by atoms with Crippen LogP contribution in [0, 0.1) is 0 Å². The highest BCUT2D eigenvalue weighted by molar-refractivity contribution is 9.10. The van der Waals surface area contributed by atoms with Crippen LogP contribution in [0.5, 0.6) is 0 Å². The Morgan fingerprint density at radius 3 is 2.52 bits per heavy atom. The van der Waals surface area contributed by atoms with Crippen LogP contribution in [-0.4, -0.2) is 14.7 Å². The van der Waals surface area contributed by atoms with E-state index in [0.717, 1.165) is 21.0 Å². The molecule has 1 aromatic carbocycles. The molecule has 2 atom stereocenters. The van der Waals surface area contributed by atoms with Crippen LogP contribution in [0.2, 0.25) is 0 Å². The van der Waals surface area contributed by atoms with E-state index in [1.165, 1.54) is 5.69 Å². The van der Waals surface area contributed by atoms with Crippen LogP contribution in [-0.2, 0) is 0 Å². The molecule has 0 radical (unpaired) electrons. The minimum absolute atomic E-state index is 0.0188. The summed E-state index contributed by atoms with van der Waals surface area (Å²) in [6.45, 7) is 4.40. The fourth-order valence-electron chi connectivity index (χ4n) is 3.66. The van der Waals surface area contributed by atoms with Crippen molar-refractivity contribution in [2.75, 3.05) is 4.90 Å². The molecule has 0 saturated carbocycles. The zero-order valence-electron chi connectivity index (χ0n) is 15.2. The van der Waals surface area contributed by atoms with Gasteiger partial charge in [0.2, 0.25) is 0 Å². The van der Waals surface area contributed by atoms with Gasteiger partial charge in [0, 0.05) is 34.3 Å². The summed E-state index contributed by atoms with van der Waals surface area (Å²) in [5.41, 5.74) is 3.27. The van der Waals surface area contributed by atoms with Crippen LogP contribution < -0.4 is 10.2 Å². The number of aromatic nitrogens is 2. The number of pyridine rings is 1. The molecule has 6 heteroatoms. The van der Waals surface area contributed by atoms with Gasteiger partial charge in [-0.2, -0.15) is 0 Å². The lowest BCUT2D eigenvalue weighted by molar-refractivity contribution is 0.497. The second-order valence-electron chi connectivity index (χ2n) is 6.91. The summed E-state index contributed by atoms with van der Waals surface area (Å²) in [5, 5.41) is 4.22. The van der Waals surface area contributed by atoms with Gasteiger partial charge >= 0.3 is 0 Å². The van der Waals surface area contributed by atoms with E-state index in [-0.39, 0.29) is 12.1 Å². The topological polar surface area (TPSA) is 33.1 Å². The van der Waals surface area contributed by atoms with E-state index in [1.54, 1.807) is 0 Å². The van der Waals surface area contributed by atoms with Gasteiger partial charge in [-0.1, -0.05) is 22.0 Å². The van der Waals surface area contributed by atoms with E-state index >= 15 is 0 Å². The molecule has 138 valence electrons. The zero-order chi connectivity index (χ0) is 19.0. The molecule has 0 spiro atoms. The summed E-state index contributed by atoms with van der Waals surface area (Å²) in [7, 11) is 0.